The molecule has 2 aliphatic carbocycles. The van der Waals surface area contributed by atoms with Gasteiger partial charge in [0.25, 0.3) is 0 Å². The SMILES string of the molecule is C[C@H]1C[C@H]2CC[C@H]3OC(=O)C([C@@H]1SCC(NC(=O)CCCN)C(=O)NCC(=O)O)[C@@]23O.O=C=O. The number of aliphatic hydroxyl groups is 1. The molecular formula is C21H31N3O9S. The summed E-state index contributed by atoms with van der Waals surface area (Å²) in [4.78, 5) is 64.3. The molecule has 0 bridgehead atoms. The Bertz CT molecular complexity index is 819. The maximum atomic E-state index is 12.6. The van der Waals surface area contributed by atoms with Crippen LogP contribution in [0, 0.1) is 17.8 Å². The summed E-state index contributed by atoms with van der Waals surface area (Å²) in [6, 6.07) is -0.967. The van der Waals surface area contributed by atoms with E-state index in [0.29, 0.717) is 19.4 Å². The van der Waals surface area contributed by atoms with Gasteiger partial charge in [0.15, 0.2) is 0 Å². The minimum absolute atomic E-state index is 0.0198. The lowest BCUT2D eigenvalue weighted by Gasteiger charge is -2.44. The minimum Gasteiger partial charge on any atom is -0.480 e. The Kier molecular flexibility index (Phi) is 10.0. The largest absolute Gasteiger partial charge is 0.480 e. The Balaban J connectivity index is 0.00000129. The normalized spacial score (nSPS) is 31.7. The average Bonchev–Trinajstić information content (AvgIpc) is 3.22. The molecule has 1 heterocycles. The fourth-order valence-electron chi connectivity index (χ4n) is 5.17. The molecule has 2 amide bonds. The van der Waals surface area contributed by atoms with Gasteiger partial charge in [0, 0.05) is 17.4 Å². The number of nitrogens with two attached hydrogens (primary N) is 1. The van der Waals surface area contributed by atoms with Gasteiger partial charge in [-0.1, -0.05) is 6.92 Å². The molecule has 3 rings (SSSR count). The fourth-order valence-corrected chi connectivity index (χ4v) is 6.78. The van der Waals surface area contributed by atoms with Crippen LogP contribution in [0.1, 0.15) is 39.0 Å². The monoisotopic (exact) mass is 501 g/mol. The standard InChI is InChI=1S/C20H31N3O7S.CO2/c1-10-7-11-4-5-13-20(11,29)16(19(28)30-13)17(10)31-9-12(18(27)22-8-15(25)26)23-14(24)3-2-6-21;2-1-3/h10-13,16-17,29H,2-9,21H2,1H3,(H,22,27)(H,23,24)(H,25,26);/t10-,11+,12?,13+,16?,17+,20+;/m0./s1. The summed E-state index contributed by atoms with van der Waals surface area (Å²) >= 11 is 1.34. The summed E-state index contributed by atoms with van der Waals surface area (Å²) < 4.78 is 5.48. The van der Waals surface area contributed by atoms with E-state index >= 15 is 0 Å². The summed E-state index contributed by atoms with van der Waals surface area (Å²) in [6.07, 6.45) is 2.63. The van der Waals surface area contributed by atoms with Crippen molar-refractivity contribution in [1.82, 2.24) is 10.6 Å². The van der Waals surface area contributed by atoms with Crippen LogP contribution in [0.5, 0.6) is 0 Å². The van der Waals surface area contributed by atoms with Crippen molar-refractivity contribution >= 4 is 41.7 Å². The summed E-state index contributed by atoms with van der Waals surface area (Å²) in [5.41, 5.74) is 4.25. The highest BCUT2D eigenvalue weighted by Crippen LogP contribution is 2.58. The van der Waals surface area contributed by atoms with Crippen LogP contribution < -0.4 is 16.4 Å². The quantitative estimate of drug-likeness (QED) is 0.221. The van der Waals surface area contributed by atoms with Gasteiger partial charge >= 0.3 is 18.1 Å². The molecule has 0 aromatic carbocycles. The van der Waals surface area contributed by atoms with Crippen molar-refractivity contribution in [2.24, 2.45) is 23.5 Å². The molecule has 2 unspecified atom stereocenters. The van der Waals surface area contributed by atoms with Crippen molar-refractivity contribution in [3.8, 4) is 0 Å². The third kappa shape index (κ3) is 6.15. The van der Waals surface area contributed by atoms with Crippen molar-refractivity contribution in [3.63, 3.8) is 0 Å². The number of carbonyl (C=O) groups is 4. The Morgan fingerprint density at radius 1 is 1.32 bits per heavy atom. The molecule has 2 saturated carbocycles. The Labute approximate surface area is 200 Å². The predicted octanol–water partition coefficient (Wildman–Crippen LogP) is -1.35. The van der Waals surface area contributed by atoms with Crippen LogP contribution >= 0.6 is 11.8 Å². The van der Waals surface area contributed by atoms with E-state index in [1.54, 1.807) is 0 Å². The number of rotatable bonds is 10. The zero-order chi connectivity index (χ0) is 25.5. The van der Waals surface area contributed by atoms with E-state index in [4.69, 9.17) is 25.2 Å². The van der Waals surface area contributed by atoms with Gasteiger partial charge < -0.3 is 31.3 Å². The molecular weight excluding hydrogens is 470 g/mol. The number of aliphatic carboxylic acids is 1. The van der Waals surface area contributed by atoms with Gasteiger partial charge in [-0.2, -0.15) is 21.4 Å². The van der Waals surface area contributed by atoms with Gasteiger partial charge in [0.2, 0.25) is 11.8 Å². The summed E-state index contributed by atoms with van der Waals surface area (Å²) in [6.45, 7) is 1.80. The molecule has 6 N–H and O–H groups in total. The first-order chi connectivity index (χ1) is 16.1. The average molecular weight is 502 g/mol. The van der Waals surface area contributed by atoms with E-state index in [1.807, 2.05) is 6.92 Å². The lowest BCUT2D eigenvalue weighted by Crippen LogP contribution is -2.56. The molecule has 34 heavy (non-hydrogen) atoms. The van der Waals surface area contributed by atoms with Gasteiger partial charge in [-0.15, -0.1) is 0 Å². The van der Waals surface area contributed by atoms with Crippen molar-refractivity contribution in [1.29, 1.82) is 0 Å². The minimum atomic E-state index is -1.19. The van der Waals surface area contributed by atoms with Gasteiger partial charge in [0.05, 0.1) is 0 Å². The number of carboxylic acid groups (broad SMARTS) is 1. The molecule has 7 atom stereocenters. The van der Waals surface area contributed by atoms with Crippen LogP contribution in [0.2, 0.25) is 0 Å². The second-order valence-corrected chi connectivity index (χ2v) is 9.99. The third-order valence-corrected chi connectivity index (χ3v) is 8.28. The van der Waals surface area contributed by atoms with E-state index in [9.17, 15) is 24.3 Å². The number of carboxylic acids is 1. The fraction of sp³-hybridized carbons (Fsp3) is 0.762. The molecule has 3 aliphatic rings. The molecule has 190 valence electrons. The second-order valence-electron chi connectivity index (χ2n) is 8.78. The Morgan fingerprint density at radius 3 is 2.62 bits per heavy atom. The number of thioether (sulfide) groups is 1. The van der Waals surface area contributed by atoms with E-state index in [-0.39, 0.29) is 41.3 Å². The van der Waals surface area contributed by atoms with Crippen molar-refractivity contribution in [2.75, 3.05) is 18.8 Å². The number of hydrogen-bond donors (Lipinski definition) is 5. The van der Waals surface area contributed by atoms with Crippen molar-refractivity contribution in [3.05, 3.63) is 0 Å². The van der Waals surface area contributed by atoms with Gasteiger partial charge in [-0.25, -0.2) is 0 Å². The summed E-state index contributed by atoms with van der Waals surface area (Å²) in [5, 5.41) is 24.8. The van der Waals surface area contributed by atoms with Crippen LogP contribution in [0.4, 0.5) is 0 Å². The first kappa shape index (κ1) is 27.8. The highest BCUT2D eigenvalue weighted by molar-refractivity contribution is 8.00. The third-order valence-electron chi connectivity index (χ3n) is 6.63. The van der Waals surface area contributed by atoms with Crippen LogP contribution in [0.15, 0.2) is 0 Å². The molecule has 1 saturated heterocycles. The van der Waals surface area contributed by atoms with Crippen molar-refractivity contribution in [2.45, 2.75) is 62.0 Å². The second kappa shape index (κ2) is 12.3. The van der Waals surface area contributed by atoms with E-state index in [2.05, 4.69) is 10.6 Å². The van der Waals surface area contributed by atoms with E-state index in [0.717, 1.165) is 12.8 Å². The zero-order valence-electron chi connectivity index (χ0n) is 18.9. The summed E-state index contributed by atoms with van der Waals surface area (Å²) in [5.74, 6) is -2.95. The molecule has 0 spiro atoms. The van der Waals surface area contributed by atoms with Crippen molar-refractivity contribution < 1.29 is 43.7 Å². The molecule has 3 fully saturated rings. The smallest absolute Gasteiger partial charge is 0.373 e. The summed E-state index contributed by atoms with van der Waals surface area (Å²) in [7, 11) is 0. The predicted molar refractivity (Wildman–Crippen MR) is 117 cm³/mol. The topological polar surface area (TPSA) is 202 Å². The number of nitrogens with one attached hydrogen (secondary N) is 2. The van der Waals surface area contributed by atoms with Crippen LogP contribution in [0.3, 0.4) is 0 Å². The maximum Gasteiger partial charge on any atom is 0.373 e. The number of hydrogen-bond acceptors (Lipinski definition) is 10. The Morgan fingerprint density at radius 2 is 2.00 bits per heavy atom. The highest BCUT2D eigenvalue weighted by Gasteiger charge is 2.68. The number of ether oxygens (including phenoxy) is 1. The van der Waals surface area contributed by atoms with Crippen LogP contribution in [0.25, 0.3) is 0 Å². The molecule has 13 heteroatoms. The highest BCUT2D eigenvalue weighted by atomic mass is 32.2. The zero-order valence-corrected chi connectivity index (χ0v) is 19.7. The molecule has 12 nitrogen and oxygen atoms in total. The van der Waals surface area contributed by atoms with Gasteiger partial charge in [0.1, 0.15) is 30.2 Å². The molecule has 1 aliphatic heterocycles. The first-order valence-electron chi connectivity index (χ1n) is 11.1. The molecule has 0 aromatic rings. The lowest BCUT2D eigenvalue weighted by molar-refractivity contribution is -0.191. The number of amides is 2. The number of esters is 1. The molecule has 0 aromatic heterocycles. The Hall–Kier alpha value is -2.47. The number of carbonyl (C=O) groups excluding carboxylic acids is 5. The maximum absolute atomic E-state index is 12.6. The van der Waals surface area contributed by atoms with E-state index in [1.165, 1.54) is 11.8 Å². The lowest BCUT2D eigenvalue weighted by atomic mass is 9.66. The van der Waals surface area contributed by atoms with E-state index < -0.39 is 48.1 Å². The first-order valence-corrected chi connectivity index (χ1v) is 12.2. The van der Waals surface area contributed by atoms with Gasteiger partial charge in [-0.3, -0.25) is 19.2 Å². The van der Waals surface area contributed by atoms with Gasteiger partial charge in [-0.05, 0) is 44.1 Å². The van der Waals surface area contributed by atoms with Crippen LogP contribution in [-0.4, -0.2) is 82.0 Å². The molecule has 0 radical (unpaired) electrons. The van der Waals surface area contributed by atoms with Crippen LogP contribution in [-0.2, 0) is 33.5 Å².